The first-order valence-electron chi connectivity index (χ1n) is 4.35. The van der Waals surface area contributed by atoms with Gasteiger partial charge in [-0.15, -0.1) is 0 Å². The summed E-state index contributed by atoms with van der Waals surface area (Å²) in [4.78, 5) is 0. The molecule has 0 aliphatic carbocycles. The lowest BCUT2D eigenvalue weighted by atomic mass is 9.81. The van der Waals surface area contributed by atoms with Crippen LogP contribution < -0.4 is 0 Å². The van der Waals surface area contributed by atoms with E-state index in [2.05, 4.69) is 86.7 Å². The summed E-state index contributed by atoms with van der Waals surface area (Å²) in [5.41, 5.74) is 0.833. The Balaban J connectivity index is 4.41. The van der Waals surface area contributed by atoms with E-state index < -0.39 is 0 Å². The highest BCUT2D eigenvalue weighted by molar-refractivity contribution is 14.1. The van der Waals surface area contributed by atoms with Crippen molar-refractivity contribution < 1.29 is 0 Å². The smallest absolute Gasteiger partial charge is 0.0281 e. The van der Waals surface area contributed by atoms with Crippen LogP contribution in [0.2, 0.25) is 0 Å². The first kappa shape index (κ1) is 13.5. The van der Waals surface area contributed by atoms with Crippen LogP contribution in [0.1, 0.15) is 41.5 Å². The maximum atomic E-state index is 2.59. The van der Waals surface area contributed by atoms with Gasteiger partial charge in [-0.05, 0) is 10.8 Å². The highest BCUT2D eigenvalue weighted by atomic mass is 127. The van der Waals surface area contributed by atoms with Crippen molar-refractivity contribution in [2.45, 2.75) is 49.4 Å². The zero-order valence-corrected chi connectivity index (χ0v) is 13.2. The number of hydrogen-bond acceptors (Lipinski definition) is 0. The van der Waals surface area contributed by atoms with E-state index in [-0.39, 0.29) is 0 Å². The van der Waals surface area contributed by atoms with Crippen LogP contribution in [0.5, 0.6) is 0 Å². The third-order valence-electron chi connectivity index (χ3n) is 1.91. The van der Waals surface area contributed by atoms with Gasteiger partial charge < -0.3 is 0 Å². The number of alkyl halides is 2. The van der Waals surface area contributed by atoms with Crippen molar-refractivity contribution in [2.75, 3.05) is 0 Å². The summed E-state index contributed by atoms with van der Waals surface area (Å²) in [7, 11) is 0. The monoisotopic (exact) mass is 394 g/mol. The molecule has 0 aromatic rings. The molecule has 2 atom stereocenters. The van der Waals surface area contributed by atoms with Crippen molar-refractivity contribution in [2.24, 2.45) is 10.8 Å². The summed E-state index contributed by atoms with van der Waals surface area (Å²) < 4.78 is 1.46. The van der Waals surface area contributed by atoms with Crippen molar-refractivity contribution in [1.82, 2.24) is 0 Å². The molecule has 0 aromatic carbocycles. The van der Waals surface area contributed by atoms with Gasteiger partial charge in [0, 0.05) is 7.85 Å². The highest BCUT2D eigenvalue weighted by Crippen LogP contribution is 2.40. The molecule has 0 heterocycles. The van der Waals surface area contributed by atoms with Crippen molar-refractivity contribution in [3.05, 3.63) is 0 Å². The molecule has 0 aliphatic heterocycles. The van der Waals surface area contributed by atoms with Gasteiger partial charge in [0.05, 0.1) is 0 Å². The minimum Gasteiger partial charge on any atom is -0.0809 e. The number of hydrogen-bond donors (Lipinski definition) is 0. The van der Waals surface area contributed by atoms with Crippen LogP contribution in [0.15, 0.2) is 0 Å². The first-order valence-corrected chi connectivity index (χ1v) is 6.84. The van der Waals surface area contributed by atoms with Crippen LogP contribution >= 0.6 is 45.2 Å². The van der Waals surface area contributed by atoms with E-state index in [1.54, 1.807) is 0 Å². The first-order chi connectivity index (χ1) is 5.07. The lowest BCUT2D eigenvalue weighted by Crippen LogP contribution is -2.37. The quantitative estimate of drug-likeness (QED) is 0.448. The van der Waals surface area contributed by atoms with Gasteiger partial charge >= 0.3 is 0 Å². The molecule has 0 aliphatic rings. The molecule has 0 fully saturated rings. The second-order valence-corrected chi connectivity index (χ2v) is 8.22. The standard InChI is InChI=1S/C10H20I2/c1-9(2,3)7(11)8(12)10(4,5)6/h7-8H,1-6H3. The zero-order valence-electron chi connectivity index (χ0n) is 8.91. The van der Waals surface area contributed by atoms with Crippen molar-refractivity contribution in [1.29, 1.82) is 0 Å². The molecule has 0 spiro atoms. The van der Waals surface area contributed by atoms with E-state index in [0.717, 1.165) is 7.85 Å². The Labute approximate surface area is 105 Å². The van der Waals surface area contributed by atoms with Crippen molar-refractivity contribution >= 4 is 45.2 Å². The predicted molar refractivity (Wildman–Crippen MR) is 74.5 cm³/mol. The average molecular weight is 394 g/mol. The van der Waals surface area contributed by atoms with Gasteiger partial charge in [0.2, 0.25) is 0 Å². The van der Waals surface area contributed by atoms with Gasteiger partial charge in [0.1, 0.15) is 0 Å². The van der Waals surface area contributed by atoms with Crippen molar-refractivity contribution in [3.8, 4) is 0 Å². The Bertz CT molecular complexity index is 121. The summed E-state index contributed by atoms with van der Waals surface area (Å²) in [6.45, 7) is 13.9. The fraction of sp³-hybridized carbons (Fsp3) is 1.00. The Morgan fingerprint density at radius 3 is 0.917 bits per heavy atom. The van der Waals surface area contributed by atoms with Gasteiger partial charge in [0.25, 0.3) is 0 Å². The summed E-state index contributed by atoms with van der Waals surface area (Å²) >= 11 is 5.18. The minimum absolute atomic E-state index is 0.416. The lowest BCUT2D eigenvalue weighted by Gasteiger charge is -2.37. The number of halogens is 2. The third-order valence-corrected chi connectivity index (χ3v) is 8.46. The molecular formula is C10H20I2. The second kappa shape index (κ2) is 4.32. The molecule has 74 valence electrons. The van der Waals surface area contributed by atoms with Crippen LogP contribution in [-0.2, 0) is 0 Å². The summed E-state index contributed by atoms with van der Waals surface area (Å²) in [6, 6.07) is 0. The summed E-state index contributed by atoms with van der Waals surface area (Å²) in [5.74, 6) is 0. The van der Waals surface area contributed by atoms with E-state index in [1.807, 2.05) is 0 Å². The Morgan fingerprint density at radius 2 is 0.833 bits per heavy atom. The molecule has 0 N–H and O–H groups in total. The maximum absolute atomic E-state index is 2.59. The fourth-order valence-electron chi connectivity index (χ4n) is 0.878. The Kier molecular flexibility index (Phi) is 4.85. The molecule has 2 unspecified atom stereocenters. The summed E-state index contributed by atoms with van der Waals surface area (Å²) in [5, 5.41) is 0. The zero-order chi connectivity index (χ0) is 10.2. The van der Waals surface area contributed by atoms with Crippen LogP contribution in [0.4, 0.5) is 0 Å². The van der Waals surface area contributed by atoms with Gasteiger partial charge in [0.15, 0.2) is 0 Å². The maximum Gasteiger partial charge on any atom is 0.0281 e. The predicted octanol–water partition coefficient (Wildman–Crippen LogP) is 4.69. The molecule has 0 bridgehead atoms. The Morgan fingerprint density at radius 1 is 0.667 bits per heavy atom. The van der Waals surface area contributed by atoms with Gasteiger partial charge in [-0.3, -0.25) is 0 Å². The van der Waals surface area contributed by atoms with E-state index in [1.165, 1.54) is 0 Å². The van der Waals surface area contributed by atoms with Crippen LogP contribution in [0, 0.1) is 10.8 Å². The van der Waals surface area contributed by atoms with Gasteiger partial charge in [-0.25, -0.2) is 0 Å². The Hall–Kier alpha value is 1.46. The molecule has 0 amide bonds. The van der Waals surface area contributed by atoms with Crippen LogP contribution in [0.3, 0.4) is 0 Å². The molecule has 0 saturated carbocycles. The molecule has 0 nitrogen and oxygen atoms in total. The fourth-order valence-corrected chi connectivity index (χ4v) is 3.04. The van der Waals surface area contributed by atoms with Crippen molar-refractivity contribution in [3.63, 3.8) is 0 Å². The van der Waals surface area contributed by atoms with E-state index >= 15 is 0 Å². The topological polar surface area (TPSA) is 0 Å². The molecule has 2 heteroatoms. The molecule has 0 radical (unpaired) electrons. The van der Waals surface area contributed by atoms with E-state index in [4.69, 9.17) is 0 Å². The van der Waals surface area contributed by atoms with E-state index in [9.17, 15) is 0 Å². The summed E-state index contributed by atoms with van der Waals surface area (Å²) in [6.07, 6.45) is 0. The molecule has 12 heavy (non-hydrogen) atoms. The third kappa shape index (κ3) is 4.11. The van der Waals surface area contributed by atoms with Crippen LogP contribution in [0.25, 0.3) is 0 Å². The molecule has 0 saturated heterocycles. The minimum atomic E-state index is 0.416. The molecule has 0 aromatic heterocycles. The van der Waals surface area contributed by atoms with Gasteiger partial charge in [-0.2, -0.15) is 0 Å². The number of rotatable bonds is 1. The molecule has 0 rings (SSSR count). The lowest BCUT2D eigenvalue weighted by molar-refractivity contribution is 0.317. The van der Waals surface area contributed by atoms with E-state index in [0.29, 0.717) is 10.8 Å². The second-order valence-electron chi connectivity index (χ2n) is 5.54. The average Bonchev–Trinajstić information content (AvgIpc) is 1.80. The van der Waals surface area contributed by atoms with Gasteiger partial charge in [-0.1, -0.05) is 86.7 Å². The van der Waals surface area contributed by atoms with Crippen LogP contribution in [-0.4, -0.2) is 7.85 Å². The largest absolute Gasteiger partial charge is 0.0809 e. The highest BCUT2D eigenvalue weighted by Gasteiger charge is 2.35. The molecular weight excluding hydrogens is 374 g/mol. The SMILES string of the molecule is CC(C)(C)C(I)C(I)C(C)(C)C. The normalized spacial score (nSPS) is 19.0.